The fourth-order valence-electron chi connectivity index (χ4n) is 3.16. The van der Waals surface area contributed by atoms with Crippen molar-refractivity contribution >= 4 is 5.91 Å². The standard InChI is InChI=1S/C24H26FN3O/c1-15(2)22-21(13-26-14-27-22)18-10-17(16-6-8-20(25)9-7-16)11-19(12-18)23(29)28-24(3,4)5/h6-15H,1-5H3,(H,28,29). The van der Waals surface area contributed by atoms with E-state index in [4.69, 9.17) is 0 Å². The number of amides is 1. The van der Waals surface area contributed by atoms with Crippen LogP contribution in [-0.2, 0) is 0 Å². The molecule has 150 valence electrons. The van der Waals surface area contributed by atoms with E-state index in [1.165, 1.54) is 18.5 Å². The summed E-state index contributed by atoms with van der Waals surface area (Å²) in [5, 5.41) is 3.01. The minimum absolute atomic E-state index is 0.161. The summed E-state index contributed by atoms with van der Waals surface area (Å²) >= 11 is 0. The van der Waals surface area contributed by atoms with Crippen LogP contribution < -0.4 is 5.32 Å². The molecule has 5 heteroatoms. The Morgan fingerprint density at radius 3 is 2.28 bits per heavy atom. The summed E-state index contributed by atoms with van der Waals surface area (Å²) in [4.78, 5) is 21.5. The summed E-state index contributed by atoms with van der Waals surface area (Å²) in [5.41, 5.74) is 4.50. The van der Waals surface area contributed by atoms with Crippen molar-refractivity contribution in [3.05, 3.63) is 72.1 Å². The monoisotopic (exact) mass is 391 g/mol. The molecule has 0 radical (unpaired) electrons. The minimum atomic E-state index is -0.359. The van der Waals surface area contributed by atoms with Gasteiger partial charge in [-0.2, -0.15) is 0 Å². The molecule has 0 unspecified atom stereocenters. The normalized spacial score (nSPS) is 11.6. The Kier molecular flexibility index (Phi) is 5.78. The smallest absolute Gasteiger partial charge is 0.251 e. The van der Waals surface area contributed by atoms with Crippen LogP contribution in [0.5, 0.6) is 0 Å². The van der Waals surface area contributed by atoms with Crippen molar-refractivity contribution in [2.24, 2.45) is 0 Å². The van der Waals surface area contributed by atoms with E-state index in [0.29, 0.717) is 5.56 Å². The van der Waals surface area contributed by atoms with Crippen LogP contribution in [-0.4, -0.2) is 21.4 Å². The van der Waals surface area contributed by atoms with Gasteiger partial charge < -0.3 is 5.32 Å². The first-order valence-electron chi connectivity index (χ1n) is 9.68. The molecular weight excluding hydrogens is 365 g/mol. The maximum absolute atomic E-state index is 13.4. The van der Waals surface area contributed by atoms with E-state index in [1.807, 2.05) is 39.0 Å². The second-order valence-electron chi connectivity index (χ2n) is 8.49. The van der Waals surface area contributed by atoms with Crippen molar-refractivity contribution in [1.29, 1.82) is 0 Å². The van der Waals surface area contributed by atoms with Crippen LogP contribution in [0.15, 0.2) is 55.0 Å². The Balaban J connectivity index is 2.18. The van der Waals surface area contributed by atoms with Gasteiger partial charge in [0.25, 0.3) is 5.91 Å². The van der Waals surface area contributed by atoms with Crippen LogP contribution in [0, 0.1) is 5.82 Å². The second kappa shape index (κ2) is 8.11. The van der Waals surface area contributed by atoms with Crippen LogP contribution in [0.25, 0.3) is 22.3 Å². The fraction of sp³-hybridized carbons (Fsp3) is 0.292. The number of aromatic nitrogens is 2. The largest absolute Gasteiger partial charge is 0.347 e. The Morgan fingerprint density at radius 1 is 1.00 bits per heavy atom. The van der Waals surface area contributed by atoms with Crippen molar-refractivity contribution in [3.63, 3.8) is 0 Å². The first kappa shape index (κ1) is 20.6. The molecule has 0 aliphatic rings. The Morgan fingerprint density at radius 2 is 1.66 bits per heavy atom. The van der Waals surface area contributed by atoms with E-state index in [0.717, 1.165) is 27.9 Å². The average Bonchev–Trinajstić information content (AvgIpc) is 2.67. The van der Waals surface area contributed by atoms with Crippen molar-refractivity contribution in [1.82, 2.24) is 15.3 Å². The van der Waals surface area contributed by atoms with Gasteiger partial charge in [-0.25, -0.2) is 14.4 Å². The average molecular weight is 391 g/mol. The summed E-state index contributed by atoms with van der Waals surface area (Å²) in [7, 11) is 0. The third kappa shape index (κ3) is 5.05. The summed E-state index contributed by atoms with van der Waals surface area (Å²) in [5.74, 6) is -0.255. The highest BCUT2D eigenvalue weighted by Gasteiger charge is 2.18. The van der Waals surface area contributed by atoms with Crippen LogP contribution in [0.4, 0.5) is 4.39 Å². The van der Waals surface area contributed by atoms with Gasteiger partial charge in [-0.3, -0.25) is 4.79 Å². The molecule has 29 heavy (non-hydrogen) atoms. The quantitative estimate of drug-likeness (QED) is 0.630. The van der Waals surface area contributed by atoms with Crippen LogP contribution >= 0.6 is 0 Å². The molecule has 4 nitrogen and oxygen atoms in total. The van der Waals surface area contributed by atoms with Gasteiger partial charge in [0.2, 0.25) is 0 Å². The van der Waals surface area contributed by atoms with Gasteiger partial charge in [0.15, 0.2) is 0 Å². The lowest BCUT2D eigenvalue weighted by Crippen LogP contribution is -2.40. The summed E-state index contributed by atoms with van der Waals surface area (Å²) in [6.07, 6.45) is 3.31. The Bertz CT molecular complexity index is 1020. The number of carbonyl (C=O) groups is 1. The highest BCUT2D eigenvalue weighted by atomic mass is 19.1. The lowest BCUT2D eigenvalue weighted by atomic mass is 9.93. The number of hydrogen-bond acceptors (Lipinski definition) is 3. The third-order valence-electron chi connectivity index (χ3n) is 4.46. The van der Waals surface area contributed by atoms with Gasteiger partial charge in [0.05, 0.1) is 5.69 Å². The second-order valence-corrected chi connectivity index (χ2v) is 8.49. The number of rotatable bonds is 4. The third-order valence-corrected chi connectivity index (χ3v) is 4.46. The summed E-state index contributed by atoms with van der Waals surface area (Å²) in [6, 6.07) is 11.9. The fourth-order valence-corrected chi connectivity index (χ4v) is 3.16. The summed E-state index contributed by atoms with van der Waals surface area (Å²) in [6.45, 7) is 9.97. The lowest BCUT2D eigenvalue weighted by Gasteiger charge is -2.21. The van der Waals surface area contributed by atoms with Gasteiger partial charge in [0, 0.05) is 22.9 Å². The molecule has 0 spiro atoms. The van der Waals surface area contributed by atoms with E-state index in [1.54, 1.807) is 18.3 Å². The summed E-state index contributed by atoms with van der Waals surface area (Å²) < 4.78 is 13.4. The van der Waals surface area contributed by atoms with E-state index in [-0.39, 0.29) is 23.2 Å². The zero-order chi connectivity index (χ0) is 21.2. The Hall–Kier alpha value is -3.08. The highest BCUT2D eigenvalue weighted by molar-refractivity contribution is 5.97. The van der Waals surface area contributed by atoms with E-state index < -0.39 is 0 Å². The molecule has 0 aliphatic carbocycles. The molecule has 3 aromatic rings. The van der Waals surface area contributed by atoms with Gasteiger partial charge in [-0.15, -0.1) is 0 Å². The molecule has 0 aliphatic heterocycles. The first-order chi connectivity index (χ1) is 13.6. The molecule has 3 rings (SSSR count). The van der Waals surface area contributed by atoms with Crippen LogP contribution in [0.2, 0.25) is 0 Å². The Labute approximate surface area is 171 Å². The van der Waals surface area contributed by atoms with E-state index in [9.17, 15) is 9.18 Å². The zero-order valence-electron chi connectivity index (χ0n) is 17.5. The van der Waals surface area contributed by atoms with Gasteiger partial charge in [0.1, 0.15) is 12.1 Å². The molecule has 1 amide bonds. The SMILES string of the molecule is CC(C)c1ncncc1-c1cc(C(=O)NC(C)(C)C)cc(-c2ccc(F)cc2)c1. The van der Waals surface area contributed by atoms with Crippen molar-refractivity contribution < 1.29 is 9.18 Å². The number of benzene rings is 2. The number of nitrogens with zero attached hydrogens (tertiary/aromatic N) is 2. The maximum Gasteiger partial charge on any atom is 0.251 e. The number of halogens is 1. The van der Waals surface area contributed by atoms with Crippen molar-refractivity contribution in [2.75, 3.05) is 0 Å². The predicted molar refractivity (Wildman–Crippen MR) is 114 cm³/mol. The topological polar surface area (TPSA) is 54.9 Å². The van der Waals surface area contributed by atoms with E-state index in [2.05, 4.69) is 29.1 Å². The molecule has 0 atom stereocenters. The number of nitrogens with one attached hydrogen (secondary N) is 1. The highest BCUT2D eigenvalue weighted by Crippen LogP contribution is 2.32. The molecule has 2 aromatic carbocycles. The molecular formula is C24H26FN3O. The van der Waals surface area contributed by atoms with Crippen LogP contribution in [0.1, 0.15) is 56.6 Å². The molecule has 1 heterocycles. The van der Waals surface area contributed by atoms with Gasteiger partial charge in [-0.05, 0) is 73.7 Å². The predicted octanol–water partition coefficient (Wildman–Crippen LogP) is 5.60. The maximum atomic E-state index is 13.4. The number of carbonyl (C=O) groups excluding carboxylic acids is 1. The molecule has 1 N–H and O–H groups in total. The lowest BCUT2D eigenvalue weighted by molar-refractivity contribution is 0.0919. The van der Waals surface area contributed by atoms with Gasteiger partial charge >= 0.3 is 0 Å². The molecule has 0 fully saturated rings. The zero-order valence-corrected chi connectivity index (χ0v) is 17.5. The minimum Gasteiger partial charge on any atom is -0.347 e. The molecule has 0 saturated carbocycles. The number of hydrogen-bond donors (Lipinski definition) is 1. The van der Waals surface area contributed by atoms with Crippen LogP contribution in [0.3, 0.4) is 0 Å². The van der Waals surface area contributed by atoms with Gasteiger partial charge in [-0.1, -0.05) is 26.0 Å². The van der Waals surface area contributed by atoms with E-state index >= 15 is 0 Å². The first-order valence-corrected chi connectivity index (χ1v) is 9.68. The molecule has 0 bridgehead atoms. The molecule has 0 saturated heterocycles. The molecule has 1 aromatic heterocycles. The van der Waals surface area contributed by atoms with Crippen molar-refractivity contribution in [3.8, 4) is 22.3 Å². The van der Waals surface area contributed by atoms with Crippen molar-refractivity contribution in [2.45, 2.75) is 46.1 Å².